The standard InChI is InChI=1S/C8H16OS/c1-3-4-5-8(10)6-7(2)9/h8,10H,3-6H2,1-2H3/t8-/m1/s1. The molecule has 0 aromatic heterocycles. The number of carbonyl (C=O) groups is 1. The molecule has 1 atom stereocenters. The Kier molecular flexibility index (Phi) is 5.79. The largest absolute Gasteiger partial charge is 0.300 e. The molecule has 0 unspecified atom stereocenters. The van der Waals surface area contributed by atoms with Crippen LogP contribution in [0.15, 0.2) is 0 Å². The van der Waals surface area contributed by atoms with E-state index in [1.54, 1.807) is 6.92 Å². The van der Waals surface area contributed by atoms with Crippen LogP contribution in [0.3, 0.4) is 0 Å². The maximum Gasteiger partial charge on any atom is 0.130 e. The van der Waals surface area contributed by atoms with Gasteiger partial charge in [0, 0.05) is 11.7 Å². The van der Waals surface area contributed by atoms with Crippen LogP contribution in [0.4, 0.5) is 0 Å². The van der Waals surface area contributed by atoms with Gasteiger partial charge in [-0.3, -0.25) is 4.79 Å². The summed E-state index contributed by atoms with van der Waals surface area (Å²) in [5.74, 6) is 0.246. The first-order valence-electron chi connectivity index (χ1n) is 3.84. The van der Waals surface area contributed by atoms with Crippen LogP contribution in [0.25, 0.3) is 0 Å². The third-order valence-electron chi connectivity index (χ3n) is 1.41. The zero-order valence-electron chi connectivity index (χ0n) is 6.76. The van der Waals surface area contributed by atoms with E-state index < -0.39 is 0 Å². The second kappa shape index (κ2) is 5.78. The monoisotopic (exact) mass is 160 g/mol. The van der Waals surface area contributed by atoms with Gasteiger partial charge in [0.15, 0.2) is 0 Å². The Balaban J connectivity index is 3.25. The molecule has 0 saturated carbocycles. The van der Waals surface area contributed by atoms with Crippen molar-refractivity contribution in [1.29, 1.82) is 0 Å². The van der Waals surface area contributed by atoms with Crippen molar-refractivity contribution < 1.29 is 4.79 Å². The highest BCUT2D eigenvalue weighted by atomic mass is 32.1. The molecule has 0 aliphatic rings. The molecule has 0 saturated heterocycles. The molecule has 0 fully saturated rings. The first-order valence-corrected chi connectivity index (χ1v) is 4.36. The molecular weight excluding hydrogens is 144 g/mol. The smallest absolute Gasteiger partial charge is 0.130 e. The van der Waals surface area contributed by atoms with E-state index in [-0.39, 0.29) is 11.0 Å². The van der Waals surface area contributed by atoms with E-state index in [0.717, 1.165) is 6.42 Å². The molecule has 0 radical (unpaired) electrons. The van der Waals surface area contributed by atoms with Crippen molar-refractivity contribution in [1.82, 2.24) is 0 Å². The second-order valence-corrected chi connectivity index (χ2v) is 3.43. The molecule has 0 spiro atoms. The maximum atomic E-state index is 10.6. The normalized spacial score (nSPS) is 13.1. The zero-order valence-corrected chi connectivity index (χ0v) is 7.66. The number of unbranched alkanes of at least 4 members (excludes halogenated alkanes) is 1. The lowest BCUT2D eigenvalue weighted by Gasteiger charge is -2.05. The van der Waals surface area contributed by atoms with E-state index in [2.05, 4.69) is 19.6 Å². The summed E-state index contributed by atoms with van der Waals surface area (Å²) >= 11 is 4.28. The molecule has 0 amide bonds. The Morgan fingerprint density at radius 1 is 1.60 bits per heavy atom. The van der Waals surface area contributed by atoms with Crippen LogP contribution in [0.1, 0.15) is 39.5 Å². The second-order valence-electron chi connectivity index (χ2n) is 2.70. The van der Waals surface area contributed by atoms with Crippen LogP contribution in [0.5, 0.6) is 0 Å². The minimum Gasteiger partial charge on any atom is -0.300 e. The van der Waals surface area contributed by atoms with Crippen LogP contribution in [-0.4, -0.2) is 11.0 Å². The predicted molar refractivity (Wildman–Crippen MR) is 47.6 cm³/mol. The molecule has 1 nitrogen and oxygen atoms in total. The fourth-order valence-corrected chi connectivity index (χ4v) is 1.31. The Morgan fingerprint density at radius 2 is 2.20 bits per heavy atom. The summed E-state index contributed by atoms with van der Waals surface area (Å²) in [5, 5.41) is 0.289. The Hall–Kier alpha value is 0.0200. The minimum atomic E-state index is 0.246. The van der Waals surface area contributed by atoms with E-state index in [4.69, 9.17) is 0 Å². The van der Waals surface area contributed by atoms with Gasteiger partial charge in [-0.1, -0.05) is 19.8 Å². The summed E-state index contributed by atoms with van der Waals surface area (Å²) in [6.07, 6.45) is 4.07. The molecule has 2 heteroatoms. The Bertz CT molecular complexity index is 101. The molecular formula is C8H16OS. The van der Waals surface area contributed by atoms with Crippen LogP contribution in [-0.2, 0) is 4.79 Å². The van der Waals surface area contributed by atoms with Gasteiger partial charge in [0.25, 0.3) is 0 Å². The highest BCUT2D eigenvalue weighted by Gasteiger charge is 2.04. The molecule has 0 aliphatic carbocycles. The van der Waals surface area contributed by atoms with Gasteiger partial charge in [-0.2, -0.15) is 12.6 Å². The molecule has 0 N–H and O–H groups in total. The third kappa shape index (κ3) is 6.14. The van der Waals surface area contributed by atoms with Gasteiger partial charge in [0.05, 0.1) is 0 Å². The number of thiol groups is 1. The molecule has 0 aromatic carbocycles. The van der Waals surface area contributed by atoms with Crippen molar-refractivity contribution in [3.63, 3.8) is 0 Å². The van der Waals surface area contributed by atoms with Gasteiger partial charge in [-0.05, 0) is 13.3 Å². The Morgan fingerprint density at radius 3 is 2.60 bits per heavy atom. The van der Waals surface area contributed by atoms with E-state index in [1.807, 2.05) is 0 Å². The number of Topliss-reactive ketones (excluding diaryl/α,β-unsaturated/α-hetero) is 1. The van der Waals surface area contributed by atoms with E-state index in [0.29, 0.717) is 6.42 Å². The van der Waals surface area contributed by atoms with Gasteiger partial charge in [-0.15, -0.1) is 0 Å². The summed E-state index contributed by atoms with van der Waals surface area (Å²) < 4.78 is 0. The highest BCUT2D eigenvalue weighted by molar-refractivity contribution is 7.81. The molecule has 0 heterocycles. The summed E-state index contributed by atoms with van der Waals surface area (Å²) in [7, 11) is 0. The summed E-state index contributed by atoms with van der Waals surface area (Å²) in [4.78, 5) is 10.6. The number of carbonyl (C=O) groups excluding carboxylic acids is 1. The third-order valence-corrected chi connectivity index (χ3v) is 1.85. The van der Waals surface area contributed by atoms with Gasteiger partial charge in [0.1, 0.15) is 5.78 Å². The van der Waals surface area contributed by atoms with Crippen molar-refractivity contribution in [2.75, 3.05) is 0 Å². The molecule has 0 rings (SSSR count). The maximum absolute atomic E-state index is 10.6. The average molecular weight is 160 g/mol. The molecule has 0 aromatic rings. The lowest BCUT2D eigenvalue weighted by molar-refractivity contribution is -0.117. The summed E-state index contributed by atoms with van der Waals surface area (Å²) in [6.45, 7) is 3.77. The van der Waals surface area contributed by atoms with Crippen LogP contribution in [0, 0.1) is 0 Å². The van der Waals surface area contributed by atoms with Crippen molar-refractivity contribution >= 4 is 18.4 Å². The zero-order chi connectivity index (χ0) is 7.98. The van der Waals surface area contributed by atoms with Crippen LogP contribution >= 0.6 is 12.6 Å². The first-order chi connectivity index (χ1) is 4.66. The van der Waals surface area contributed by atoms with E-state index >= 15 is 0 Å². The van der Waals surface area contributed by atoms with Crippen molar-refractivity contribution in [3.05, 3.63) is 0 Å². The minimum absolute atomic E-state index is 0.246. The number of ketones is 1. The fraction of sp³-hybridized carbons (Fsp3) is 0.875. The van der Waals surface area contributed by atoms with Crippen molar-refractivity contribution in [3.8, 4) is 0 Å². The lowest BCUT2D eigenvalue weighted by Crippen LogP contribution is -2.04. The fourth-order valence-electron chi connectivity index (χ4n) is 0.874. The van der Waals surface area contributed by atoms with E-state index in [1.165, 1.54) is 12.8 Å². The predicted octanol–water partition coefficient (Wildman–Crippen LogP) is 2.45. The first kappa shape index (κ1) is 10.0. The number of rotatable bonds is 5. The van der Waals surface area contributed by atoms with Crippen molar-refractivity contribution in [2.24, 2.45) is 0 Å². The van der Waals surface area contributed by atoms with E-state index in [9.17, 15) is 4.79 Å². The SMILES string of the molecule is CCCC[C@@H](S)CC(C)=O. The van der Waals surface area contributed by atoms with Gasteiger partial charge >= 0.3 is 0 Å². The lowest BCUT2D eigenvalue weighted by atomic mass is 10.1. The highest BCUT2D eigenvalue weighted by Crippen LogP contribution is 2.10. The number of hydrogen-bond donors (Lipinski definition) is 1. The van der Waals surface area contributed by atoms with Gasteiger partial charge in [0.2, 0.25) is 0 Å². The molecule has 60 valence electrons. The van der Waals surface area contributed by atoms with Crippen molar-refractivity contribution in [2.45, 2.75) is 44.8 Å². The quantitative estimate of drug-likeness (QED) is 0.611. The molecule has 0 bridgehead atoms. The Labute approximate surface area is 68.6 Å². The average Bonchev–Trinajstić information content (AvgIpc) is 1.82. The van der Waals surface area contributed by atoms with Crippen LogP contribution < -0.4 is 0 Å². The van der Waals surface area contributed by atoms with Crippen LogP contribution in [0.2, 0.25) is 0 Å². The molecule has 10 heavy (non-hydrogen) atoms. The summed E-state index contributed by atoms with van der Waals surface area (Å²) in [5.41, 5.74) is 0. The molecule has 0 aliphatic heterocycles. The summed E-state index contributed by atoms with van der Waals surface area (Å²) in [6, 6.07) is 0. The number of hydrogen-bond acceptors (Lipinski definition) is 2. The van der Waals surface area contributed by atoms with Gasteiger partial charge < -0.3 is 0 Å². The van der Waals surface area contributed by atoms with Gasteiger partial charge in [-0.25, -0.2) is 0 Å². The topological polar surface area (TPSA) is 17.1 Å².